The Labute approximate surface area is 196 Å². The second-order valence-corrected chi connectivity index (χ2v) is 11.0. The van der Waals surface area contributed by atoms with E-state index < -0.39 is 31.5 Å². The molecule has 1 atom stereocenters. The maximum atomic E-state index is 15.2. The lowest BCUT2D eigenvalue weighted by Crippen LogP contribution is -2.30. The van der Waals surface area contributed by atoms with Gasteiger partial charge in [-0.1, -0.05) is 33.0 Å². The van der Waals surface area contributed by atoms with Gasteiger partial charge in [-0.2, -0.15) is 0 Å². The van der Waals surface area contributed by atoms with Gasteiger partial charge in [0.15, 0.2) is 5.82 Å². The lowest BCUT2D eigenvalue weighted by atomic mass is 10.0. The fraction of sp³-hybridized carbons (Fsp3) is 0.231. The van der Waals surface area contributed by atoms with Crippen LogP contribution in [0.5, 0.6) is 0 Å². The number of fused-ring (bicyclic) bond motifs is 5. The predicted octanol–water partition coefficient (Wildman–Crippen LogP) is 6.01. The Kier molecular flexibility index (Phi) is 5.48. The molecule has 1 amide bonds. The molecule has 5 rings (SSSR count). The molecule has 4 nitrogen and oxygen atoms in total. The third-order valence-electron chi connectivity index (χ3n) is 6.40. The van der Waals surface area contributed by atoms with Gasteiger partial charge in [-0.25, -0.2) is 18.2 Å². The van der Waals surface area contributed by atoms with Crippen molar-refractivity contribution in [2.45, 2.75) is 19.4 Å². The molecule has 0 N–H and O–H groups in total. The van der Waals surface area contributed by atoms with Gasteiger partial charge in [-0.3, -0.25) is 9.36 Å². The van der Waals surface area contributed by atoms with Gasteiger partial charge in [-0.15, -0.1) is 0 Å². The van der Waals surface area contributed by atoms with Crippen LogP contribution < -0.4 is 5.30 Å². The van der Waals surface area contributed by atoms with Crippen LogP contribution in [0.3, 0.4) is 0 Å². The Morgan fingerprint density at radius 2 is 1.68 bits per heavy atom. The molecule has 1 aromatic heterocycles. The number of hydrogen-bond acceptors (Lipinski definition) is 2. The molecule has 0 bridgehead atoms. The SMILES string of the molecule is CCC1c2nc3ccc(-c4ccc(P(C)C)c(F)c4)cc3n2-c2c(F)cc(F)cc2C(=O)N1C. The molecular formula is C26H23F3N3OP. The molecule has 1 unspecified atom stereocenters. The topological polar surface area (TPSA) is 38.1 Å². The van der Waals surface area contributed by atoms with Gasteiger partial charge >= 0.3 is 0 Å². The quantitative estimate of drug-likeness (QED) is 0.336. The summed E-state index contributed by atoms with van der Waals surface area (Å²) in [6.45, 7) is 5.91. The molecule has 2 heterocycles. The van der Waals surface area contributed by atoms with Gasteiger partial charge in [0.1, 0.15) is 17.5 Å². The zero-order valence-corrected chi connectivity index (χ0v) is 20.1. The summed E-state index contributed by atoms with van der Waals surface area (Å²) in [6, 6.07) is 12.1. The minimum absolute atomic E-state index is 0.0204. The van der Waals surface area contributed by atoms with Crippen LogP contribution in [0.4, 0.5) is 13.2 Å². The largest absolute Gasteiger partial charge is 0.331 e. The molecule has 1 aliphatic heterocycles. The third-order valence-corrected chi connectivity index (χ3v) is 7.72. The van der Waals surface area contributed by atoms with Crippen LogP contribution in [0.1, 0.15) is 35.6 Å². The van der Waals surface area contributed by atoms with Crippen molar-refractivity contribution in [2.75, 3.05) is 20.4 Å². The van der Waals surface area contributed by atoms with Crippen molar-refractivity contribution in [3.05, 3.63) is 77.4 Å². The van der Waals surface area contributed by atoms with E-state index in [0.717, 1.165) is 17.7 Å². The van der Waals surface area contributed by atoms with Crippen LogP contribution >= 0.6 is 7.92 Å². The molecule has 4 aromatic rings. The molecule has 8 heteroatoms. The van der Waals surface area contributed by atoms with Gasteiger partial charge in [-0.05, 0) is 55.1 Å². The summed E-state index contributed by atoms with van der Waals surface area (Å²) in [7, 11) is 1.04. The molecule has 0 saturated heterocycles. The first-order valence-corrected chi connectivity index (χ1v) is 13.2. The summed E-state index contributed by atoms with van der Waals surface area (Å²) >= 11 is 0. The highest BCUT2D eigenvalue weighted by atomic mass is 31.1. The summed E-state index contributed by atoms with van der Waals surface area (Å²) in [5.74, 6) is -1.88. The fourth-order valence-electron chi connectivity index (χ4n) is 4.70. The highest BCUT2D eigenvalue weighted by Gasteiger charge is 2.35. The number of hydrogen-bond donors (Lipinski definition) is 0. The highest BCUT2D eigenvalue weighted by molar-refractivity contribution is 7.64. The number of carbonyl (C=O) groups excluding carboxylic acids is 1. The van der Waals surface area contributed by atoms with Crippen LogP contribution in [0.25, 0.3) is 27.8 Å². The van der Waals surface area contributed by atoms with Crippen molar-refractivity contribution in [3.63, 3.8) is 0 Å². The lowest BCUT2D eigenvalue weighted by molar-refractivity contribution is 0.0725. The summed E-state index contributed by atoms with van der Waals surface area (Å²) in [5, 5.41) is 0.698. The van der Waals surface area contributed by atoms with E-state index >= 15 is 4.39 Å². The number of imidazole rings is 1. The predicted molar refractivity (Wildman–Crippen MR) is 130 cm³/mol. The average Bonchev–Trinajstić information content (AvgIpc) is 3.12. The van der Waals surface area contributed by atoms with E-state index in [0.29, 0.717) is 34.1 Å². The monoisotopic (exact) mass is 481 g/mol. The second kappa shape index (κ2) is 8.24. The van der Waals surface area contributed by atoms with Crippen molar-refractivity contribution in [1.29, 1.82) is 0 Å². The number of carbonyl (C=O) groups is 1. The number of rotatable bonds is 3. The first kappa shape index (κ1) is 22.6. The second-order valence-electron chi connectivity index (χ2n) is 8.69. The molecule has 0 aliphatic carbocycles. The van der Waals surface area contributed by atoms with E-state index in [1.165, 1.54) is 11.0 Å². The molecule has 0 radical (unpaired) electrons. The van der Waals surface area contributed by atoms with E-state index in [2.05, 4.69) is 0 Å². The number of halogens is 3. The standard InChI is InChI=1S/C26H23F3N3OP/c1-5-21-25-30-20-8-6-15(14-7-9-23(34(3)4)18(28)10-14)11-22(20)32(25)24-17(26(33)31(21)2)12-16(27)13-19(24)29/h6-13,21H,5H2,1-4H3. The third kappa shape index (κ3) is 3.41. The Morgan fingerprint density at radius 1 is 0.971 bits per heavy atom. The van der Waals surface area contributed by atoms with Crippen LogP contribution in [-0.4, -0.2) is 40.7 Å². The van der Waals surface area contributed by atoms with Crippen LogP contribution in [0.15, 0.2) is 48.5 Å². The Balaban J connectivity index is 1.80. The summed E-state index contributed by atoms with van der Waals surface area (Å²) in [4.78, 5) is 19.4. The Bertz CT molecular complexity index is 1460. The van der Waals surface area contributed by atoms with Gasteiger partial charge in [0.25, 0.3) is 5.91 Å². The van der Waals surface area contributed by atoms with Crippen molar-refractivity contribution < 1.29 is 18.0 Å². The molecule has 3 aromatic carbocycles. The van der Waals surface area contributed by atoms with Crippen molar-refractivity contribution in [1.82, 2.24) is 14.5 Å². The van der Waals surface area contributed by atoms with Gasteiger partial charge in [0.2, 0.25) is 0 Å². The lowest BCUT2D eigenvalue weighted by Gasteiger charge is -2.24. The minimum atomic E-state index is -0.839. The molecule has 1 aliphatic rings. The van der Waals surface area contributed by atoms with Gasteiger partial charge < -0.3 is 4.90 Å². The Hall–Kier alpha value is -3.18. The zero-order valence-electron chi connectivity index (χ0n) is 19.2. The van der Waals surface area contributed by atoms with Crippen LogP contribution in [0.2, 0.25) is 0 Å². The van der Waals surface area contributed by atoms with E-state index in [4.69, 9.17) is 4.98 Å². The highest BCUT2D eigenvalue weighted by Crippen LogP contribution is 2.38. The maximum Gasteiger partial charge on any atom is 0.256 e. The molecule has 0 fully saturated rings. The Morgan fingerprint density at radius 3 is 2.35 bits per heavy atom. The van der Waals surface area contributed by atoms with E-state index in [-0.39, 0.29) is 17.1 Å². The molecule has 34 heavy (non-hydrogen) atoms. The molecule has 174 valence electrons. The smallest absolute Gasteiger partial charge is 0.256 e. The molecule has 0 spiro atoms. The van der Waals surface area contributed by atoms with Crippen LogP contribution in [0, 0.1) is 17.5 Å². The number of nitrogens with zero attached hydrogens (tertiary/aromatic N) is 3. The van der Waals surface area contributed by atoms with E-state index in [1.807, 2.05) is 38.5 Å². The van der Waals surface area contributed by atoms with Crippen molar-refractivity contribution in [3.8, 4) is 16.8 Å². The van der Waals surface area contributed by atoms with Crippen LogP contribution in [-0.2, 0) is 0 Å². The number of aromatic nitrogens is 2. The van der Waals surface area contributed by atoms with E-state index in [9.17, 15) is 13.6 Å². The molecular weight excluding hydrogens is 458 g/mol. The maximum absolute atomic E-state index is 15.2. The normalized spacial score (nSPS) is 15.6. The van der Waals surface area contributed by atoms with Gasteiger partial charge in [0, 0.05) is 18.4 Å². The first-order chi connectivity index (χ1) is 16.2. The number of benzene rings is 3. The first-order valence-electron chi connectivity index (χ1n) is 11.0. The summed E-state index contributed by atoms with van der Waals surface area (Å²) in [6.07, 6.45) is 0.542. The van der Waals surface area contributed by atoms with E-state index in [1.54, 1.807) is 23.7 Å². The van der Waals surface area contributed by atoms with Gasteiger partial charge in [0.05, 0.1) is 28.3 Å². The minimum Gasteiger partial charge on any atom is -0.331 e. The fourth-order valence-corrected chi connectivity index (χ4v) is 5.56. The zero-order chi connectivity index (χ0) is 24.3. The summed E-state index contributed by atoms with van der Waals surface area (Å²) < 4.78 is 45.7. The summed E-state index contributed by atoms with van der Waals surface area (Å²) in [5.41, 5.74) is 2.52. The van der Waals surface area contributed by atoms with Crippen molar-refractivity contribution in [2.24, 2.45) is 0 Å². The van der Waals surface area contributed by atoms with Crippen molar-refractivity contribution >= 4 is 30.2 Å². The number of amides is 1. The molecule has 0 saturated carbocycles. The average molecular weight is 481 g/mol.